The molecule has 0 bridgehead atoms. The van der Waals surface area contributed by atoms with Gasteiger partial charge in [0.25, 0.3) is 0 Å². The van der Waals surface area contributed by atoms with Gasteiger partial charge >= 0.3 is 0 Å². The van der Waals surface area contributed by atoms with Gasteiger partial charge < -0.3 is 4.89 Å². The first-order chi connectivity index (χ1) is 24.4. The molecule has 4 heteroatoms. The Morgan fingerprint density at radius 2 is 0.712 bits per heavy atom. The van der Waals surface area contributed by atoms with Crippen LogP contribution in [0.1, 0.15) is 262 Å². The number of hydrogen-bond acceptors (Lipinski definition) is 1. The van der Waals surface area contributed by atoms with E-state index in [2.05, 4.69) is 85.4 Å². The van der Waals surface area contributed by atoms with Crippen molar-refractivity contribution < 1.29 is 9.46 Å². The predicted molar refractivity (Wildman–Crippen MR) is 245 cm³/mol. The van der Waals surface area contributed by atoms with Crippen molar-refractivity contribution in [3.63, 3.8) is 0 Å². The molecule has 0 aliphatic heterocycles. The Bertz CT molecular complexity index is 736. The van der Waals surface area contributed by atoms with Gasteiger partial charge in [-0.1, -0.05) is 217 Å². The van der Waals surface area contributed by atoms with Crippen molar-refractivity contribution in [1.82, 2.24) is 0 Å². The van der Waals surface area contributed by atoms with Gasteiger partial charge in [0.1, 0.15) is 0 Å². The van der Waals surface area contributed by atoms with E-state index in [0.29, 0.717) is 29.6 Å². The molecule has 0 amide bonds. The first kappa shape index (κ1) is 54.7. The third-order valence-corrected chi connectivity index (χ3v) is 14.0. The van der Waals surface area contributed by atoms with Gasteiger partial charge in [-0.05, 0) is 79.2 Å². The summed E-state index contributed by atoms with van der Waals surface area (Å²) < 4.78 is 12.4. The van der Waals surface area contributed by atoms with Crippen LogP contribution in [0.25, 0.3) is 0 Å². The predicted octanol–water partition coefficient (Wildman–Crippen LogP) is 17.8. The monoisotopic (exact) mass is 773 g/mol. The molecule has 0 aromatic carbocycles. The molecule has 0 spiro atoms. The maximum absolute atomic E-state index is 12.4. The molecule has 0 aliphatic rings. The summed E-state index contributed by atoms with van der Waals surface area (Å²) in [5.41, 5.74) is 1.15. The molecule has 0 radical (unpaired) electrons. The summed E-state index contributed by atoms with van der Waals surface area (Å²) in [5.74, 6) is 0.635. The van der Waals surface area contributed by atoms with Crippen LogP contribution < -0.4 is 0 Å². The lowest BCUT2D eigenvalue weighted by Crippen LogP contribution is -2.21. The van der Waals surface area contributed by atoms with Crippen molar-refractivity contribution in [3.8, 4) is 0 Å². The molecule has 0 saturated heterocycles. The highest BCUT2D eigenvalue weighted by atomic mass is 31.2. The van der Waals surface area contributed by atoms with Gasteiger partial charge in [0, 0.05) is 12.3 Å². The molecule has 0 rings (SSSR count). The molecular weight excluding hydrogens is 670 g/mol. The zero-order valence-corrected chi connectivity index (χ0v) is 40.2. The fraction of sp³-hybridized carbons (Fsp3) is 1.00. The second-order valence-electron chi connectivity index (χ2n) is 20.3. The Hall–Kier alpha value is 0.620. The molecule has 0 heterocycles. The third-order valence-electron chi connectivity index (χ3n) is 11.2. The Balaban J connectivity index is 0. The molecule has 3 unspecified atom stereocenters. The fourth-order valence-corrected chi connectivity index (χ4v) is 11.7. The summed E-state index contributed by atoms with van der Waals surface area (Å²) in [7, 11) is -0.117. The third kappa shape index (κ3) is 38.9. The minimum absolute atomic E-state index is 0.233. The van der Waals surface area contributed by atoms with E-state index >= 15 is 0 Å². The van der Waals surface area contributed by atoms with E-state index in [1.54, 1.807) is 0 Å². The van der Waals surface area contributed by atoms with Crippen LogP contribution in [0.3, 0.4) is 0 Å². The first-order valence-corrected chi connectivity index (χ1v) is 26.3. The lowest BCUT2D eigenvalue weighted by molar-refractivity contribution is 0.172. The molecule has 0 saturated carbocycles. The van der Waals surface area contributed by atoms with Crippen molar-refractivity contribution in [2.24, 2.45) is 28.1 Å². The highest BCUT2D eigenvalue weighted by molar-refractivity contribution is 7.58. The number of unbranched alkanes of at least 4 members (excludes halogenated alkanes) is 19. The largest absolute Gasteiger partial charge is 0.344 e. The highest BCUT2D eigenvalue weighted by Crippen LogP contribution is 2.47. The van der Waals surface area contributed by atoms with Gasteiger partial charge in [-0.3, -0.25) is 4.57 Å². The van der Waals surface area contributed by atoms with Crippen molar-refractivity contribution in [2.75, 3.05) is 18.5 Å². The van der Waals surface area contributed by atoms with Crippen LogP contribution in [0.5, 0.6) is 0 Å². The van der Waals surface area contributed by atoms with E-state index in [4.69, 9.17) is 0 Å². The number of rotatable bonds is 34. The molecule has 0 aromatic rings. The van der Waals surface area contributed by atoms with E-state index in [1.807, 2.05) is 0 Å². The van der Waals surface area contributed by atoms with Crippen LogP contribution >= 0.6 is 16.6 Å². The SMILES string of the molecule is CC(CC(C)(C)C)CP(=O)(O)CC(C)CC(C)(C)C.CCCCCCC(CCCCCC)(CCCCCC)CCCCCCCCCCCCCP. The van der Waals surface area contributed by atoms with E-state index in [-0.39, 0.29) is 10.8 Å². The summed E-state index contributed by atoms with van der Waals surface area (Å²) in [4.78, 5) is 10.2. The van der Waals surface area contributed by atoms with Crippen LogP contribution in [0.15, 0.2) is 0 Å². The minimum Gasteiger partial charge on any atom is -0.344 e. The van der Waals surface area contributed by atoms with Gasteiger partial charge in [0.2, 0.25) is 7.37 Å². The molecule has 0 aliphatic carbocycles. The summed E-state index contributed by atoms with van der Waals surface area (Å²) in [5, 5.41) is 0. The quantitative estimate of drug-likeness (QED) is 0.0522. The standard InChI is InChI=1S/C32H67P.C16H35O2P/c1-4-7-10-22-27-32(28-23-11-8-5-2,29-24-12-9-6-3)30-25-20-18-16-14-13-15-17-19-21-26-31-33;1-13(9-15(3,4)5)11-19(17,18)12-14(2)10-16(6,7)8/h4-31,33H2,1-3H3;13-14H,9-12H2,1-8H3,(H,17,18). The Kier molecular flexibility index (Phi) is 35.5. The van der Waals surface area contributed by atoms with Gasteiger partial charge in [0.05, 0.1) is 0 Å². The van der Waals surface area contributed by atoms with Gasteiger partial charge in [-0.25, -0.2) is 0 Å². The van der Waals surface area contributed by atoms with Crippen LogP contribution in [0.4, 0.5) is 0 Å². The maximum Gasteiger partial charge on any atom is 0.201 e. The lowest BCUT2D eigenvalue weighted by atomic mass is 9.70. The lowest BCUT2D eigenvalue weighted by Gasteiger charge is -2.35. The fourth-order valence-electron chi connectivity index (χ4n) is 9.03. The molecule has 316 valence electrons. The normalized spacial score (nSPS) is 14.9. The summed E-state index contributed by atoms with van der Waals surface area (Å²) in [6.07, 6.45) is 43.9. The molecule has 0 aromatic heterocycles. The van der Waals surface area contributed by atoms with Gasteiger partial charge in [0.15, 0.2) is 0 Å². The Morgan fingerprint density at radius 1 is 0.462 bits per heavy atom. The molecule has 52 heavy (non-hydrogen) atoms. The van der Waals surface area contributed by atoms with E-state index < -0.39 is 7.37 Å². The topological polar surface area (TPSA) is 37.3 Å². The minimum atomic E-state index is -2.98. The molecule has 1 N–H and O–H groups in total. The van der Waals surface area contributed by atoms with E-state index in [0.717, 1.165) is 12.8 Å². The zero-order chi connectivity index (χ0) is 39.8. The number of hydrogen-bond donors (Lipinski definition) is 1. The molecule has 3 atom stereocenters. The van der Waals surface area contributed by atoms with Crippen molar-refractivity contribution >= 4 is 16.6 Å². The van der Waals surface area contributed by atoms with Crippen LogP contribution in [-0.4, -0.2) is 23.4 Å². The van der Waals surface area contributed by atoms with Crippen molar-refractivity contribution in [2.45, 2.75) is 262 Å². The van der Waals surface area contributed by atoms with Crippen molar-refractivity contribution in [3.05, 3.63) is 0 Å². The maximum atomic E-state index is 12.4. The Morgan fingerprint density at radius 3 is 0.962 bits per heavy atom. The zero-order valence-electron chi connectivity index (χ0n) is 38.2. The van der Waals surface area contributed by atoms with Crippen LogP contribution in [0, 0.1) is 28.1 Å². The van der Waals surface area contributed by atoms with E-state index in [1.165, 1.54) is 180 Å². The van der Waals surface area contributed by atoms with Gasteiger partial charge in [-0.15, -0.1) is 9.24 Å². The first-order valence-electron chi connectivity index (χ1n) is 23.5. The second kappa shape index (κ2) is 33.7. The Labute approximate surface area is 333 Å². The van der Waals surface area contributed by atoms with Crippen molar-refractivity contribution in [1.29, 1.82) is 0 Å². The van der Waals surface area contributed by atoms with Gasteiger partial charge in [-0.2, -0.15) is 0 Å². The summed E-state index contributed by atoms with van der Waals surface area (Å²) in [6.45, 7) is 24.4. The molecular formula is C48H102O2P2. The second-order valence-corrected chi connectivity index (χ2v) is 23.3. The summed E-state index contributed by atoms with van der Waals surface area (Å²) >= 11 is 0. The average molecular weight is 773 g/mol. The van der Waals surface area contributed by atoms with Crippen LogP contribution in [-0.2, 0) is 4.57 Å². The molecule has 0 fully saturated rings. The van der Waals surface area contributed by atoms with E-state index in [9.17, 15) is 9.46 Å². The van der Waals surface area contributed by atoms with Crippen LogP contribution in [0.2, 0.25) is 0 Å². The molecule has 2 nitrogen and oxygen atoms in total. The highest BCUT2D eigenvalue weighted by Gasteiger charge is 2.29. The summed E-state index contributed by atoms with van der Waals surface area (Å²) in [6, 6.07) is 0. The average Bonchev–Trinajstić information content (AvgIpc) is 3.02. The smallest absolute Gasteiger partial charge is 0.201 e.